The van der Waals surface area contributed by atoms with Gasteiger partial charge in [0.2, 0.25) is 0 Å². The number of likely N-dealkylation sites (N-methyl/N-ethyl adjacent to an activating group) is 1. The molecule has 0 aromatic heterocycles. The van der Waals surface area contributed by atoms with E-state index >= 15 is 0 Å². The molecule has 0 radical (unpaired) electrons. The minimum Gasteiger partial charge on any atom is -0.387 e. The second kappa shape index (κ2) is 6.11. The molecule has 1 N–H and O–H groups in total. The molecule has 2 nitrogen and oxygen atoms in total. The Morgan fingerprint density at radius 1 is 1.20 bits per heavy atom. The number of aliphatic hydroxyl groups is 1. The van der Waals surface area contributed by atoms with Crippen LogP contribution in [0.2, 0.25) is 5.02 Å². The van der Waals surface area contributed by atoms with Gasteiger partial charge in [0.1, 0.15) is 0 Å². The van der Waals surface area contributed by atoms with Gasteiger partial charge in [0.15, 0.2) is 0 Å². The van der Waals surface area contributed by atoms with Crippen molar-refractivity contribution in [2.45, 2.75) is 20.0 Å². The summed E-state index contributed by atoms with van der Waals surface area (Å²) in [5.74, 6) is 0. The molecule has 0 aliphatic heterocycles. The van der Waals surface area contributed by atoms with Crippen molar-refractivity contribution in [1.29, 1.82) is 0 Å². The Morgan fingerprint density at radius 2 is 1.73 bits per heavy atom. The van der Waals surface area contributed by atoms with Gasteiger partial charge in [-0.05, 0) is 30.8 Å². The number of aliphatic hydroxyl groups excluding tert-OH is 1. The molecule has 0 heterocycles. The molecule has 0 saturated heterocycles. The Bertz CT molecular complexity index is 282. The molecule has 1 aromatic carbocycles. The van der Waals surface area contributed by atoms with E-state index in [-0.39, 0.29) is 0 Å². The maximum atomic E-state index is 9.96. The molecule has 15 heavy (non-hydrogen) atoms. The topological polar surface area (TPSA) is 23.5 Å². The summed E-state index contributed by atoms with van der Waals surface area (Å²) in [6, 6.07) is 7.36. The van der Waals surface area contributed by atoms with Crippen molar-refractivity contribution >= 4 is 11.6 Å². The first-order chi connectivity index (χ1) is 7.17. The van der Waals surface area contributed by atoms with E-state index in [4.69, 9.17) is 11.6 Å². The Morgan fingerprint density at radius 3 is 2.20 bits per heavy atom. The fraction of sp³-hybridized carbons (Fsp3) is 0.500. The summed E-state index contributed by atoms with van der Waals surface area (Å²) in [6.07, 6.45) is -0.429. The Hall–Kier alpha value is -0.570. The lowest BCUT2D eigenvalue weighted by Crippen LogP contribution is -2.28. The lowest BCUT2D eigenvalue weighted by Gasteiger charge is -2.22. The molecule has 0 saturated carbocycles. The predicted molar refractivity (Wildman–Crippen MR) is 64.2 cm³/mol. The number of nitrogens with zero attached hydrogens (tertiary/aromatic N) is 1. The van der Waals surface area contributed by atoms with Gasteiger partial charge in [-0.2, -0.15) is 0 Å². The zero-order valence-corrected chi connectivity index (χ0v) is 10.0. The van der Waals surface area contributed by atoms with Gasteiger partial charge < -0.3 is 10.0 Å². The quantitative estimate of drug-likeness (QED) is 0.836. The maximum absolute atomic E-state index is 9.96. The van der Waals surface area contributed by atoms with Crippen molar-refractivity contribution in [3.05, 3.63) is 34.9 Å². The van der Waals surface area contributed by atoms with E-state index < -0.39 is 6.10 Å². The van der Waals surface area contributed by atoms with E-state index in [0.29, 0.717) is 11.6 Å². The summed E-state index contributed by atoms with van der Waals surface area (Å²) in [5.41, 5.74) is 0.923. The summed E-state index contributed by atoms with van der Waals surface area (Å²) >= 11 is 5.78. The maximum Gasteiger partial charge on any atom is 0.0916 e. The van der Waals surface area contributed by atoms with Crippen molar-refractivity contribution < 1.29 is 5.11 Å². The van der Waals surface area contributed by atoms with Crippen molar-refractivity contribution in [2.75, 3.05) is 19.6 Å². The molecule has 1 rings (SSSR count). The normalized spacial score (nSPS) is 13.1. The second-order valence-corrected chi connectivity index (χ2v) is 3.99. The molecule has 0 aliphatic rings. The summed E-state index contributed by atoms with van der Waals surface area (Å²) in [5, 5.41) is 10.7. The monoisotopic (exact) mass is 227 g/mol. The van der Waals surface area contributed by atoms with E-state index in [1.165, 1.54) is 0 Å². The fourth-order valence-corrected chi connectivity index (χ4v) is 1.64. The van der Waals surface area contributed by atoms with Crippen LogP contribution in [0, 0.1) is 0 Å². The second-order valence-electron chi connectivity index (χ2n) is 3.55. The first-order valence-corrected chi connectivity index (χ1v) is 5.71. The molecular weight excluding hydrogens is 210 g/mol. The number of benzene rings is 1. The first-order valence-electron chi connectivity index (χ1n) is 5.33. The molecule has 84 valence electrons. The van der Waals surface area contributed by atoms with Gasteiger partial charge in [0.25, 0.3) is 0 Å². The van der Waals surface area contributed by atoms with Crippen molar-refractivity contribution in [1.82, 2.24) is 4.90 Å². The molecule has 1 aromatic rings. The largest absolute Gasteiger partial charge is 0.387 e. The number of hydrogen-bond donors (Lipinski definition) is 1. The fourth-order valence-electron chi connectivity index (χ4n) is 1.52. The van der Waals surface area contributed by atoms with Crippen molar-refractivity contribution in [3.8, 4) is 0 Å². The molecule has 1 atom stereocenters. The highest BCUT2D eigenvalue weighted by Gasteiger charge is 2.10. The molecule has 3 heteroatoms. The Balaban J connectivity index is 2.60. The van der Waals surface area contributed by atoms with Crippen molar-refractivity contribution in [2.24, 2.45) is 0 Å². The lowest BCUT2D eigenvalue weighted by atomic mass is 10.1. The van der Waals surface area contributed by atoms with Gasteiger partial charge in [-0.1, -0.05) is 37.6 Å². The lowest BCUT2D eigenvalue weighted by molar-refractivity contribution is 0.119. The van der Waals surface area contributed by atoms with Crippen LogP contribution in [0.25, 0.3) is 0 Å². The van der Waals surface area contributed by atoms with Crippen LogP contribution in [-0.2, 0) is 0 Å². The predicted octanol–water partition coefficient (Wildman–Crippen LogP) is 2.72. The van der Waals surface area contributed by atoms with Gasteiger partial charge in [0, 0.05) is 11.6 Å². The third kappa shape index (κ3) is 3.82. The number of hydrogen-bond acceptors (Lipinski definition) is 2. The average molecular weight is 228 g/mol. The van der Waals surface area contributed by atoms with Crippen molar-refractivity contribution in [3.63, 3.8) is 0 Å². The molecule has 0 unspecified atom stereocenters. The van der Waals surface area contributed by atoms with E-state index in [1.807, 2.05) is 24.3 Å². The minimum atomic E-state index is -0.429. The van der Waals surface area contributed by atoms with Crippen LogP contribution in [0.3, 0.4) is 0 Å². The summed E-state index contributed by atoms with van der Waals surface area (Å²) in [4.78, 5) is 2.19. The highest BCUT2D eigenvalue weighted by molar-refractivity contribution is 6.30. The third-order valence-electron chi connectivity index (χ3n) is 2.58. The van der Waals surface area contributed by atoms with Crippen LogP contribution < -0.4 is 0 Å². The smallest absolute Gasteiger partial charge is 0.0916 e. The van der Waals surface area contributed by atoms with Gasteiger partial charge in [-0.25, -0.2) is 0 Å². The number of rotatable bonds is 5. The summed E-state index contributed by atoms with van der Waals surface area (Å²) in [6.45, 7) is 6.78. The zero-order valence-electron chi connectivity index (χ0n) is 9.28. The Kier molecular flexibility index (Phi) is 5.09. The first kappa shape index (κ1) is 12.5. The van der Waals surface area contributed by atoms with Crippen LogP contribution in [0.5, 0.6) is 0 Å². The SMILES string of the molecule is CCN(CC)C[C@H](O)c1ccc(Cl)cc1. The molecule has 0 spiro atoms. The molecule has 0 aliphatic carbocycles. The molecule has 0 bridgehead atoms. The van der Waals surface area contributed by atoms with Gasteiger partial charge in [-0.3, -0.25) is 0 Å². The zero-order chi connectivity index (χ0) is 11.3. The highest BCUT2D eigenvalue weighted by Crippen LogP contribution is 2.17. The highest BCUT2D eigenvalue weighted by atomic mass is 35.5. The van der Waals surface area contributed by atoms with Gasteiger partial charge >= 0.3 is 0 Å². The van der Waals surface area contributed by atoms with E-state index in [0.717, 1.165) is 18.7 Å². The Labute approximate surface area is 96.5 Å². The van der Waals surface area contributed by atoms with Crippen LogP contribution in [-0.4, -0.2) is 29.6 Å². The van der Waals surface area contributed by atoms with Crippen LogP contribution >= 0.6 is 11.6 Å². The van der Waals surface area contributed by atoms with E-state index in [1.54, 1.807) is 0 Å². The van der Waals surface area contributed by atoms with Crippen LogP contribution in [0.4, 0.5) is 0 Å². The molecular formula is C12H18ClNO. The molecule has 0 fully saturated rings. The minimum absolute atomic E-state index is 0.429. The van der Waals surface area contributed by atoms with Crippen LogP contribution in [0.1, 0.15) is 25.5 Å². The standard InChI is InChI=1S/C12H18ClNO/c1-3-14(4-2)9-12(15)10-5-7-11(13)8-6-10/h5-8,12,15H,3-4,9H2,1-2H3/t12-/m0/s1. The summed E-state index contributed by atoms with van der Waals surface area (Å²) < 4.78 is 0. The van der Waals surface area contributed by atoms with Crippen LogP contribution in [0.15, 0.2) is 24.3 Å². The summed E-state index contributed by atoms with van der Waals surface area (Å²) in [7, 11) is 0. The third-order valence-corrected chi connectivity index (χ3v) is 2.83. The van der Waals surface area contributed by atoms with E-state index in [2.05, 4.69) is 18.7 Å². The van der Waals surface area contributed by atoms with Gasteiger partial charge in [-0.15, -0.1) is 0 Å². The number of halogens is 1. The van der Waals surface area contributed by atoms with Gasteiger partial charge in [0.05, 0.1) is 6.10 Å². The average Bonchev–Trinajstić information content (AvgIpc) is 2.26. The van der Waals surface area contributed by atoms with E-state index in [9.17, 15) is 5.11 Å². The molecule has 0 amide bonds.